The Morgan fingerprint density at radius 1 is 1.29 bits per heavy atom. The van der Waals surface area contributed by atoms with Gasteiger partial charge in [0, 0.05) is 50.4 Å². The summed E-state index contributed by atoms with van der Waals surface area (Å²) in [4.78, 5) is 26.9. The first-order valence-electron chi connectivity index (χ1n) is 8.66. The second kappa shape index (κ2) is 7.07. The Kier molecular flexibility index (Phi) is 4.87. The second-order valence-corrected chi connectivity index (χ2v) is 6.50. The van der Waals surface area contributed by atoms with Crippen LogP contribution in [-0.4, -0.2) is 48.0 Å². The van der Waals surface area contributed by atoms with E-state index in [4.69, 9.17) is 0 Å². The van der Waals surface area contributed by atoms with Crippen LogP contribution in [0.5, 0.6) is 0 Å². The third kappa shape index (κ3) is 3.77. The summed E-state index contributed by atoms with van der Waals surface area (Å²) in [6.45, 7) is 4.95. The fourth-order valence-corrected chi connectivity index (χ4v) is 3.03. The zero-order valence-corrected chi connectivity index (χ0v) is 14.0. The molecule has 1 N–H and O–H groups in total. The van der Waals surface area contributed by atoms with Gasteiger partial charge in [-0.1, -0.05) is 6.92 Å². The van der Waals surface area contributed by atoms with Crippen molar-refractivity contribution in [2.24, 2.45) is 0 Å². The summed E-state index contributed by atoms with van der Waals surface area (Å²) >= 11 is 0. The predicted molar refractivity (Wildman–Crippen MR) is 93.4 cm³/mol. The number of carbonyl (C=O) groups is 1. The Bertz CT molecular complexity index is 622. The molecule has 0 unspecified atom stereocenters. The van der Waals surface area contributed by atoms with Gasteiger partial charge in [-0.3, -0.25) is 14.9 Å². The molecular weight excluding hydrogens is 308 g/mol. The number of nitrogens with zero attached hydrogens (tertiary/aromatic N) is 3. The van der Waals surface area contributed by atoms with Crippen molar-refractivity contribution in [2.75, 3.05) is 36.4 Å². The van der Waals surface area contributed by atoms with Crippen LogP contribution < -0.4 is 10.2 Å². The van der Waals surface area contributed by atoms with E-state index in [9.17, 15) is 14.9 Å². The number of nitrogens with one attached hydrogen (secondary N) is 1. The maximum Gasteiger partial charge on any atom is 0.292 e. The number of rotatable bonds is 6. The molecule has 1 saturated carbocycles. The number of hydrogen-bond acceptors (Lipinski definition) is 5. The number of hydrogen-bond donors (Lipinski definition) is 1. The van der Waals surface area contributed by atoms with Gasteiger partial charge in [0.2, 0.25) is 5.91 Å². The molecule has 0 atom stereocenters. The number of nitro benzene ring substituents is 1. The fourth-order valence-electron chi connectivity index (χ4n) is 3.03. The van der Waals surface area contributed by atoms with E-state index >= 15 is 0 Å². The van der Waals surface area contributed by atoms with Gasteiger partial charge < -0.3 is 15.1 Å². The lowest BCUT2D eigenvalue weighted by molar-refractivity contribution is -0.384. The molecule has 2 aliphatic rings. The van der Waals surface area contributed by atoms with Crippen LogP contribution in [0.4, 0.5) is 17.1 Å². The average Bonchev–Trinajstić information content (AvgIpc) is 3.39. The summed E-state index contributed by atoms with van der Waals surface area (Å²) < 4.78 is 0. The number of amides is 1. The first kappa shape index (κ1) is 16.5. The van der Waals surface area contributed by atoms with Gasteiger partial charge in [-0.05, 0) is 31.4 Å². The van der Waals surface area contributed by atoms with E-state index in [0.29, 0.717) is 31.2 Å². The van der Waals surface area contributed by atoms with Crippen molar-refractivity contribution < 1.29 is 9.72 Å². The minimum Gasteiger partial charge on any atom is -0.377 e. The van der Waals surface area contributed by atoms with Crippen molar-refractivity contribution in [3.8, 4) is 0 Å². The third-order valence-electron chi connectivity index (χ3n) is 4.58. The van der Waals surface area contributed by atoms with E-state index in [1.807, 2.05) is 17.9 Å². The normalized spacial score (nSPS) is 17.7. The summed E-state index contributed by atoms with van der Waals surface area (Å²) in [6, 6.07) is 5.62. The largest absolute Gasteiger partial charge is 0.377 e. The maximum atomic E-state index is 12.0. The molecule has 1 heterocycles. The van der Waals surface area contributed by atoms with E-state index in [1.165, 1.54) is 0 Å². The number of carbonyl (C=O) groups excluding carboxylic acids is 1. The maximum absolute atomic E-state index is 12.0. The van der Waals surface area contributed by atoms with E-state index in [1.54, 1.807) is 12.1 Å². The molecule has 0 bridgehead atoms. The van der Waals surface area contributed by atoms with Gasteiger partial charge in [-0.25, -0.2) is 0 Å². The third-order valence-corrected chi connectivity index (χ3v) is 4.58. The Morgan fingerprint density at radius 3 is 2.58 bits per heavy atom. The molecule has 2 fully saturated rings. The molecular formula is C17H24N4O3. The smallest absolute Gasteiger partial charge is 0.292 e. The number of benzene rings is 1. The molecule has 130 valence electrons. The molecule has 7 nitrogen and oxygen atoms in total. The van der Waals surface area contributed by atoms with Crippen molar-refractivity contribution in [3.63, 3.8) is 0 Å². The highest BCUT2D eigenvalue weighted by molar-refractivity contribution is 5.76. The molecule has 1 aliphatic heterocycles. The van der Waals surface area contributed by atoms with E-state index in [-0.39, 0.29) is 16.5 Å². The van der Waals surface area contributed by atoms with Crippen LogP contribution in [0.3, 0.4) is 0 Å². The first-order valence-corrected chi connectivity index (χ1v) is 8.66. The van der Waals surface area contributed by atoms with E-state index in [0.717, 1.165) is 38.0 Å². The SMILES string of the molecule is CCCC(=O)N1CCN(c2ccc([N+](=O)[O-])c(NC3CC3)c2)CC1. The van der Waals surface area contributed by atoms with E-state index in [2.05, 4.69) is 10.2 Å². The van der Waals surface area contributed by atoms with Gasteiger partial charge in [-0.2, -0.15) is 0 Å². The zero-order chi connectivity index (χ0) is 17.1. The Morgan fingerprint density at radius 2 is 2.00 bits per heavy atom. The quantitative estimate of drug-likeness (QED) is 0.640. The van der Waals surface area contributed by atoms with Crippen LogP contribution in [0, 0.1) is 10.1 Å². The van der Waals surface area contributed by atoms with Crippen LogP contribution in [0.2, 0.25) is 0 Å². The Labute approximate surface area is 141 Å². The predicted octanol–water partition coefficient (Wildman–Crippen LogP) is 2.62. The molecule has 0 radical (unpaired) electrons. The fraction of sp³-hybridized carbons (Fsp3) is 0.588. The van der Waals surface area contributed by atoms with Crippen molar-refractivity contribution in [1.29, 1.82) is 0 Å². The summed E-state index contributed by atoms with van der Waals surface area (Å²) in [7, 11) is 0. The van der Waals surface area contributed by atoms with Crippen molar-refractivity contribution in [3.05, 3.63) is 28.3 Å². The molecule has 1 aromatic rings. The molecule has 1 aliphatic carbocycles. The minimum absolute atomic E-state index is 0.127. The summed E-state index contributed by atoms with van der Waals surface area (Å²) in [5.41, 5.74) is 1.71. The van der Waals surface area contributed by atoms with Crippen LogP contribution >= 0.6 is 0 Å². The van der Waals surface area contributed by atoms with Crippen molar-refractivity contribution in [1.82, 2.24) is 4.90 Å². The molecule has 7 heteroatoms. The second-order valence-electron chi connectivity index (χ2n) is 6.50. The molecule has 1 aromatic carbocycles. The number of nitro groups is 1. The van der Waals surface area contributed by atoms with Gasteiger partial charge in [0.15, 0.2) is 0 Å². The zero-order valence-electron chi connectivity index (χ0n) is 14.0. The Balaban J connectivity index is 1.69. The molecule has 0 spiro atoms. The topological polar surface area (TPSA) is 78.7 Å². The van der Waals surface area contributed by atoms with Gasteiger partial charge in [0.25, 0.3) is 5.69 Å². The highest BCUT2D eigenvalue weighted by Crippen LogP contribution is 2.34. The standard InChI is InChI=1S/C17H24N4O3/c1-2-3-17(22)20-10-8-19(9-11-20)14-6-7-16(21(23)24)15(12-14)18-13-4-5-13/h6-7,12-13,18H,2-5,8-11H2,1H3. The average molecular weight is 332 g/mol. The van der Waals surface area contributed by atoms with Crippen LogP contribution in [0.1, 0.15) is 32.6 Å². The van der Waals surface area contributed by atoms with Crippen LogP contribution in [0.25, 0.3) is 0 Å². The van der Waals surface area contributed by atoms with Crippen molar-refractivity contribution in [2.45, 2.75) is 38.6 Å². The minimum atomic E-state index is -0.337. The highest BCUT2D eigenvalue weighted by Gasteiger charge is 2.26. The summed E-state index contributed by atoms with van der Waals surface area (Å²) in [5.74, 6) is 0.219. The molecule has 1 amide bonds. The lowest BCUT2D eigenvalue weighted by Crippen LogP contribution is -2.48. The van der Waals surface area contributed by atoms with Crippen LogP contribution in [0.15, 0.2) is 18.2 Å². The number of piperazine rings is 1. The van der Waals surface area contributed by atoms with E-state index < -0.39 is 0 Å². The van der Waals surface area contributed by atoms with Crippen LogP contribution in [-0.2, 0) is 4.79 Å². The van der Waals surface area contributed by atoms with Gasteiger partial charge in [-0.15, -0.1) is 0 Å². The lowest BCUT2D eigenvalue weighted by atomic mass is 10.2. The first-order chi connectivity index (χ1) is 11.6. The van der Waals surface area contributed by atoms with Gasteiger partial charge in [0.05, 0.1) is 4.92 Å². The molecule has 0 aromatic heterocycles. The summed E-state index contributed by atoms with van der Waals surface area (Å²) in [5, 5.41) is 14.5. The number of anilines is 2. The van der Waals surface area contributed by atoms with Gasteiger partial charge in [0.1, 0.15) is 5.69 Å². The molecule has 24 heavy (non-hydrogen) atoms. The lowest BCUT2D eigenvalue weighted by Gasteiger charge is -2.36. The monoisotopic (exact) mass is 332 g/mol. The highest BCUT2D eigenvalue weighted by atomic mass is 16.6. The molecule has 3 rings (SSSR count). The van der Waals surface area contributed by atoms with Crippen molar-refractivity contribution >= 4 is 23.0 Å². The van der Waals surface area contributed by atoms with Gasteiger partial charge >= 0.3 is 0 Å². The molecule has 1 saturated heterocycles. The summed E-state index contributed by atoms with van der Waals surface area (Å²) in [6.07, 6.45) is 3.61. The Hall–Kier alpha value is -2.31.